The summed E-state index contributed by atoms with van der Waals surface area (Å²) >= 11 is 0. The second kappa shape index (κ2) is 7.93. The van der Waals surface area contributed by atoms with Gasteiger partial charge in [-0.1, -0.05) is 38.2 Å². The van der Waals surface area contributed by atoms with Crippen molar-refractivity contribution in [2.24, 2.45) is 4.99 Å². The standard InChI is InChI=1S/C14H25N3/c1-4-6-8-10-16-12-13-17(14(16)15-3)11-9-7-5-2/h6-9H,4-5,10-13H2,1-3H3/b8-6-,9-7-. The van der Waals surface area contributed by atoms with Crippen molar-refractivity contribution in [2.45, 2.75) is 26.7 Å². The van der Waals surface area contributed by atoms with Crippen LogP contribution in [0.3, 0.4) is 0 Å². The molecule has 0 amide bonds. The zero-order chi connectivity index (χ0) is 12.5. The van der Waals surface area contributed by atoms with Crippen molar-refractivity contribution >= 4 is 5.96 Å². The highest BCUT2D eigenvalue weighted by Crippen LogP contribution is 2.08. The van der Waals surface area contributed by atoms with Crippen LogP contribution in [0.25, 0.3) is 0 Å². The predicted octanol–water partition coefficient (Wildman–Crippen LogP) is 2.52. The maximum atomic E-state index is 4.41. The third kappa shape index (κ3) is 4.25. The summed E-state index contributed by atoms with van der Waals surface area (Å²) in [5, 5.41) is 0. The van der Waals surface area contributed by atoms with E-state index in [1.54, 1.807) is 0 Å². The SMILES string of the molecule is CC/C=C\CN1CCN(C/C=C\CC)C1=NC. The first-order chi connectivity index (χ1) is 8.33. The Morgan fingerprint density at radius 2 is 1.41 bits per heavy atom. The van der Waals surface area contributed by atoms with Crippen molar-refractivity contribution in [1.82, 2.24) is 9.80 Å². The fourth-order valence-corrected chi connectivity index (χ4v) is 2.01. The van der Waals surface area contributed by atoms with Gasteiger partial charge in [-0.3, -0.25) is 4.99 Å². The molecule has 0 aromatic carbocycles. The number of guanidine groups is 1. The van der Waals surface area contributed by atoms with E-state index in [9.17, 15) is 0 Å². The van der Waals surface area contributed by atoms with Crippen LogP contribution < -0.4 is 0 Å². The smallest absolute Gasteiger partial charge is 0.197 e. The van der Waals surface area contributed by atoms with E-state index in [1.807, 2.05) is 7.05 Å². The zero-order valence-corrected chi connectivity index (χ0v) is 11.4. The van der Waals surface area contributed by atoms with Gasteiger partial charge in [-0.2, -0.15) is 0 Å². The number of hydrogen-bond acceptors (Lipinski definition) is 1. The van der Waals surface area contributed by atoms with Crippen molar-refractivity contribution < 1.29 is 0 Å². The molecule has 96 valence electrons. The summed E-state index contributed by atoms with van der Waals surface area (Å²) in [4.78, 5) is 9.09. The van der Waals surface area contributed by atoms with Crippen LogP contribution in [0, 0.1) is 0 Å². The van der Waals surface area contributed by atoms with Gasteiger partial charge in [-0.15, -0.1) is 0 Å². The van der Waals surface area contributed by atoms with Gasteiger partial charge in [0.1, 0.15) is 0 Å². The Kier molecular flexibility index (Phi) is 6.45. The van der Waals surface area contributed by atoms with Crippen LogP contribution in [0.1, 0.15) is 26.7 Å². The molecule has 0 saturated carbocycles. The van der Waals surface area contributed by atoms with Crippen molar-refractivity contribution in [1.29, 1.82) is 0 Å². The van der Waals surface area contributed by atoms with Crippen molar-refractivity contribution in [3.8, 4) is 0 Å². The molecule has 0 aromatic heterocycles. The molecule has 17 heavy (non-hydrogen) atoms. The fraction of sp³-hybridized carbons (Fsp3) is 0.643. The number of nitrogens with zero attached hydrogens (tertiary/aromatic N) is 3. The van der Waals surface area contributed by atoms with Crippen molar-refractivity contribution in [2.75, 3.05) is 33.2 Å². The maximum absolute atomic E-state index is 4.41. The first-order valence-corrected chi connectivity index (χ1v) is 6.60. The van der Waals surface area contributed by atoms with E-state index in [0.29, 0.717) is 0 Å². The Balaban J connectivity index is 2.49. The monoisotopic (exact) mass is 235 g/mol. The lowest BCUT2D eigenvalue weighted by atomic mass is 10.4. The van der Waals surface area contributed by atoms with Gasteiger partial charge in [0.05, 0.1) is 0 Å². The Hall–Kier alpha value is -1.25. The molecule has 0 unspecified atom stereocenters. The quantitative estimate of drug-likeness (QED) is 0.659. The predicted molar refractivity (Wildman–Crippen MR) is 75.4 cm³/mol. The Labute approximate surface area is 106 Å². The number of hydrogen-bond donors (Lipinski definition) is 0. The van der Waals surface area contributed by atoms with Crippen LogP contribution in [0.15, 0.2) is 29.3 Å². The molecule has 0 atom stereocenters. The van der Waals surface area contributed by atoms with Crippen LogP contribution >= 0.6 is 0 Å². The first kappa shape index (κ1) is 13.8. The molecule has 3 heteroatoms. The van der Waals surface area contributed by atoms with E-state index < -0.39 is 0 Å². The summed E-state index contributed by atoms with van der Waals surface area (Å²) in [5.41, 5.74) is 0. The lowest BCUT2D eigenvalue weighted by Gasteiger charge is -2.20. The molecule has 0 N–H and O–H groups in total. The summed E-state index contributed by atoms with van der Waals surface area (Å²) in [6.07, 6.45) is 11.1. The van der Waals surface area contributed by atoms with Crippen LogP contribution in [0.4, 0.5) is 0 Å². The van der Waals surface area contributed by atoms with E-state index in [1.165, 1.54) is 0 Å². The maximum Gasteiger partial charge on any atom is 0.197 e. The molecule has 1 aliphatic rings. The van der Waals surface area contributed by atoms with E-state index in [2.05, 4.69) is 52.9 Å². The second-order valence-electron chi connectivity index (χ2n) is 4.17. The van der Waals surface area contributed by atoms with Gasteiger partial charge in [-0.05, 0) is 12.8 Å². The molecule has 1 heterocycles. The van der Waals surface area contributed by atoms with Crippen LogP contribution in [-0.4, -0.2) is 49.0 Å². The molecular weight excluding hydrogens is 210 g/mol. The molecule has 0 bridgehead atoms. The molecule has 0 aliphatic carbocycles. The van der Waals surface area contributed by atoms with E-state index >= 15 is 0 Å². The van der Waals surface area contributed by atoms with Gasteiger partial charge in [0, 0.05) is 33.2 Å². The number of allylic oxidation sites excluding steroid dienone is 2. The molecular formula is C14H25N3. The summed E-state index contributed by atoms with van der Waals surface area (Å²) in [6, 6.07) is 0. The Morgan fingerprint density at radius 1 is 0.941 bits per heavy atom. The topological polar surface area (TPSA) is 18.8 Å². The van der Waals surface area contributed by atoms with Gasteiger partial charge in [0.2, 0.25) is 0 Å². The highest BCUT2D eigenvalue weighted by Gasteiger charge is 2.23. The van der Waals surface area contributed by atoms with Crippen LogP contribution in [-0.2, 0) is 0 Å². The average molecular weight is 235 g/mol. The van der Waals surface area contributed by atoms with Crippen LogP contribution in [0.5, 0.6) is 0 Å². The fourth-order valence-electron chi connectivity index (χ4n) is 2.01. The second-order valence-corrected chi connectivity index (χ2v) is 4.17. The molecule has 1 fully saturated rings. The van der Waals surface area contributed by atoms with E-state index in [0.717, 1.165) is 45.0 Å². The summed E-state index contributed by atoms with van der Waals surface area (Å²) in [5.74, 6) is 1.13. The Morgan fingerprint density at radius 3 is 1.76 bits per heavy atom. The van der Waals surface area contributed by atoms with Gasteiger partial charge in [0.15, 0.2) is 5.96 Å². The lowest BCUT2D eigenvalue weighted by Crippen LogP contribution is -2.33. The average Bonchev–Trinajstić information content (AvgIpc) is 2.72. The molecule has 1 rings (SSSR count). The summed E-state index contributed by atoms with van der Waals surface area (Å²) < 4.78 is 0. The molecule has 0 aromatic rings. The van der Waals surface area contributed by atoms with Crippen molar-refractivity contribution in [3.05, 3.63) is 24.3 Å². The van der Waals surface area contributed by atoms with Gasteiger partial charge in [0.25, 0.3) is 0 Å². The summed E-state index contributed by atoms with van der Waals surface area (Å²) in [7, 11) is 1.88. The highest BCUT2D eigenvalue weighted by molar-refractivity contribution is 5.82. The molecule has 1 aliphatic heterocycles. The molecule has 0 spiro atoms. The molecule has 1 saturated heterocycles. The normalized spacial score (nSPS) is 16.8. The minimum absolute atomic E-state index is 0.981. The van der Waals surface area contributed by atoms with Crippen molar-refractivity contribution in [3.63, 3.8) is 0 Å². The zero-order valence-electron chi connectivity index (χ0n) is 11.4. The molecule has 3 nitrogen and oxygen atoms in total. The van der Waals surface area contributed by atoms with Gasteiger partial charge < -0.3 is 9.80 Å². The number of rotatable bonds is 6. The Bertz CT molecular complexity index is 266. The third-order valence-corrected chi connectivity index (χ3v) is 2.86. The molecule has 0 radical (unpaired) electrons. The third-order valence-electron chi connectivity index (χ3n) is 2.86. The van der Waals surface area contributed by atoms with E-state index in [4.69, 9.17) is 0 Å². The minimum atomic E-state index is 0.981. The lowest BCUT2D eigenvalue weighted by molar-refractivity contribution is 0.508. The van der Waals surface area contributed by atoms with Gasteiger partial charge >= 0.3 is 0 Å². The summed E-state index contributed by atoms with van der Waals surface area (Å²) in [6.45, 7) is 8.46. The van der Waals surface area contributed by atoms with E-state index in [-0.39, 0.29) is 0 Å². The highest BCUT2D eigenvalue weighted by atomic mass is 15.4. The minimum Gasteiger partial charge on any atom is -0.337 e. The van der Waals surface area contributed by atoms with Gasteiger partial charge in [-0.25, -0.2) is 0 Å². The largest absolute Gasteiger partial charge is 0.337 e. The number of aliphatic imine (C=N–C) groups is 1. The first-order valence-electron chi connectivity index (χ1n) is 6.60. The van der Waals surface area contributed by atoms with Crippen LogP contribution in [0.2, 0.25) is 0 Å².